The Kier molecular flexibility index (Phi) is 4.62. The van der Waals surface area contributed by atoms with E-state index in [1.807, 2.05) is 0 Å². The predicted octanol–water partition coefficient (Wildman–Crippen LogP) is 1.61. The molecular formula is C13H26N2O. The largest absolute Gasteiger partial charge is 0.379 e. The van der Waals surface area contributed by atoms with Crippen LogP contribution in [0.15, 0.2) is 0 Å². The Hall–Kier alpha value is -0.120. The number of rotatable bonds is 5. The fourth-order valence-electron chi connectivity index (χ4n) is 3.46. The molecule has 0 aromatic carbocycles. The maximum absolute atomic E-state index is 5.71. The third kappa shape index (κ3) is 2.76. The van der Waals surface area contributed by atoms with Crippen LogP contribution in [0.25, 0.3) is 0 Å². The summed E-state index contributed by atoms with van der Waals surface area (Å²) in [6.45, 7) is 2.93. The second-order valence-electron chi connectivity index (χ2n) is 5.34. The van der Waals surface area contributed by atoms with E-state index in [1.165, 1.54) is 45.1 Å². The van der Waals surface area contributed by atoms with E-state index in [-0.39, 0.29) is 6.10 Å². The van der Waals surface area contributed by atoms with E-state index in [9.17, 15) is 0 Å². The van der Waals surface area contributed by atoms with Crippen LogP contribution >= 0.6 is 0 Å². The van der Waals surface area contributed by atoms with Crippen molar-refractivity contribution in [1.29, 1.82) is 0 Å². The predicted molar refractivity (Wildman–Crippen MR) is 66.4 cm³/mol. The van der Waals surface area contributed by atoms with Crippen LogP contribution in [0.2, 0.25) is 0 Å². The summed E-state index contributed by atoms with van der Waals surface area (Å²) < 4.78 is 5.41. The molecule has 0 aromatic rings. The Morgan fingerprint density at radius 3 is 2.62 bits per heavy atom. The molecule has 1 aliphatic carbocycles. The molecule has 1 heterocycles. The zero-order chi connectivity index (χ0) is 11.4. The lowest BCUT2D eigenvalue weighted by molar-refractivity contribution is 0.0561. The summed E-state index contributed by atoms with van der Waals surface area (Å²) in [6.07, 6.45) is 8.76. The molecule has 2 atom stereocenters. The minimum atomic E-state index is 0.224. The molecule has 2 fully saturated rings. The van der Waals surface area contributed by atoms with Gasteiger partial charge < -0.3 is 10.5 Å². The van der Waals surface area contributed by atoms with Gasteiger partial charge in [-0.1, -0.05) is 12.8 Å². The first-order valence-electron chi connectivity index (χ1n) is 6.82. The molecule has 94 valence electrons. The lowest BCUT2D eigenvalue weighted by Gasteiger charge is -2.31. The molecule has 2 unspecified atom stereocenters. The summed E-state index contributed by atoms with van der Waals surface area (Å²) in [7, 11) is 1.78. The first kappa shape index (κ1) is 12.3. The highest BCUT2D eigenvalue weighted by molar-refractivity contribution is 4.88. The van der Waals surface area contributed by atoms with E-state index in [2.05, 4.69) is 4.90 Å². The zero-order valence-corrected chi connectivity index (χ0v) is 10.5. The summed E-state index contributed by atoms with van der Waals surface area (Å²) in [5, 5.41) is 0. The van der Waals surface area contributed by atoms with Crippen LogP contribution in [0.5, 0.6) is 0 Å². The van der Waals surface area contributed by atoms with E-state index < -0.39 is 0 Å². The fourth-order valence-corrected chi connectivity index (χ4v) is 3.46. The second-order valence-corrected chi connectivity index (χ2v) is 5.34. The minimum absolute atomic E-state index is 0.224. The van der Waals surface area contributed by atoms with Crippen molar-refractivity contribution in [2.45, 2.75) is 50.7 Å². The number of hydrogen-bond acceptors (Lipinski definition) is 3. The van der Waals surface area contributed by atoms with E-state index in [0.29, 0.717) is 6.54 Å². The number of methoxy groups -OCH3 is 1. The van der Waals surface area contributed by atoms with Gasteiger partial charge in [-0.25, -0.2) is 0 Å². The molecule has 3 nitrogen and oxygen atoms in total. The van der Waals surface area contributed by atoms with Gasteiger partial charge in [0.1, 0.15) is 0 Å². The normalized spacial score (nSPS) is 30.0. The molecule has 2 N–H and O–H groups in total. The Morgan fingerprint density at radius 2 is 2.00 bits per heavy atom. The van der Waals surface area contributed by atoms with Crippen molar-refractivity contribution in [2.75, 3.05) is 26.7 Å². The Labute approximate surface area is 99.3 Å². The number of nitrogens with two attached hydrogens (primary N) is 1. The molecule has 0 radical (unpaired) electrons. The standard InChI is InChI=1S/C13H26N2O/c1-16-12(9-14)10-15-8-4-7-13(15)11-5-2-3-6-11/h11-13H,2-10,14H2,1H3. The third-order valence-corrected chi connectivity index (χ3v) is 4.39. The molecule has 0 bridgehead atoms. The van der Waals surface area contributed by atoms with Crippen LogP contribution < -0.4 is 5.73 Å². The quantitative estimate of drug-likeness (QED) is 0.774. The van der Waals surface area contributed by atoms with Crippen LogP contribution in [0.1, 0.15) is 38.5 Å². The average Bonchev–Trinajstić information content (AvgIpc) is 2.95. The molecule has 1 saturated heterocycles. The maximum atomic E-state index is 5.71. The van der Waals surface area contributed by atoms with Gasteiger partial charge in [-0.15, -0.1) is 0 Å². The van der Waals surface area contributed by atoms with Gasteiger partial charge >= 0.3 is 0 Å². The van der Waals surface area contributed by atoms with E-state index in [4.69, 9.17) is 10.5 Å². The first-order valence-corrected chi connectivity index (χ1v) is 6.82. The van der Waals surface area contributed by atoms with Gasteiger partial charge in [0.15, 0.2) is 0 Å². The Morgan fingerprint density at radius 1 is 1.25 bits per heavy atom. The van der Waals surface area contributed by atoms with Gasteiger partial charge in [0, 0.05) is 26.2 Å². The summed E-state index contributed by atoms with van der Waals surface area (Å²) in [6, 6.07) is 0.826. The SMILES string of the molecule is COC(CN)CN1CCCC1C1CCCC1. The van der Waals surface area contributed by atoms with Crippen LogP contribution in [0.3, 0.4) is 0 Å². The number of likely N-dealkylation sites (tertiary alicyclic amines) is 1. The Bertz CT molecular complexity index is 200. The molecule has 1 saturated carbocycles. The van der Waals surface area contributed by atoms with Gasteiger partial charge in [-0.2, -0.15) is 0 Å². The molecule has 0 aromatic heterocycles. The van der Waals surface area contributed by atoms with Crippen molar-refractivity contribution in [1.82, 2.24) is 4.90 Å². The van der Waals surface area contributed by atoms with Gasteiger partial charge in [-0.05, 0) is 38.1 Å². The van der Waals surface area contributed by atoms with Crippen molar-refractivity contribution < 1.29 is 4.74 Å². The fraction of sp³-hybridized carbons (Fsp3) is 1.00. The average molecular weight is 226 g/mol. The van der Waals surface area contributed by atoms with Gasteiger partial charge in [0.25, 0.3) is 0 Å². The molecule has 0 spiro atoms. The first-order chi connectivity index (χ1) is 7.85. The van der Waals surface area contributed by atoms with Crippen LogP contribution in [-0.2, 0) is 4.74 Å². The van der Waals surface area contributed by atoms with E-state index >= 15 is 0 Å². The van der Waals surface area contributed by atoms with Crippen LogP contribution in [0.4, 0.5) is 0 Å². The zero-order valence-electron chi connectivity index (χ0n) is 10.5. The van der Waals surface area contributed by atoms with Crippen molar-refractivity contribution in [3.63, 3.8) is 0 Å². The Balaban J connectivity index is 1.87. The summed E-state index contributed by atoms with van der Waals surface area (Å²) >= 11 is 0. The molecule has 3 heteroatoms. The topological polar surface area (TPSA) is 38.5 Å². The summed E-state index contributed by atoms with van der Waals surface area (Å²) in [5.74, 6) is 0.956. The maximum Gasteiger partial charge on any atom is 0.0820 e. The third-order valence-electron chi connectivity index (χ3n) is 4.39. The monoisotopic (exact) mass is 226 g/mol. The van der Waals surface area contributed by atoms with Crippen LogP contribution in [0, 0.1) is 5.92 Å². The van der Waals surface area contributed by atoms with Gasteiger partial charge in [-0.3, -0.25) is 4.90 Å². The van der Waals surface area contributed by atoms with Crippen molar-refractivity contribution in [2.24, 2.45) is 11.7 Å². The highest BCUT2D eigenvalue weighted by Crippen LogP contribution is 2.35. The molecule has 1 aliphatic heterocycles. The van der Waals surface area contributed by atoms with Gasteiger partial charge in [0.2, 0.25) is 0 Å². The highest BCUT2D eigenvalue weighted by atomic mass is 16.5. The lowest BCUT2D eigenvalue weighted by Crippen LogP contribution is -2.42. The van der Waals surface area contributed by atoms with Gasteiger partial charge in [0.05, 0.1) is 6.10 Å². The molecule has 2 rings (SSSR count). The number of nitrogens with zero attached hydrogens (tertiary/aromatic N) is 1. The van der Waals surface area contributed by atoms with Crippen molar-refractivity contribution in [3.05, 3.63) is 0 Å². The summed E-state index contributed by atoms with van der Waals surface area (Å²) in [4.78, 5) is 2.64. The number of ether oxygens (including phenoxy) is 1. The molecular weight excluding hydrogens is 200 g/mol. The van der Waals surface area contributed by atoms with Crippen molar-refractivity contribution in [3.8, 4) is 0 Å². The second kappa shape index (κ2) is 5.99. The lowest BCUT2D eigenvalue weighted by atomic mass is 9.96. The molecule has 16 heavy (non-hydrogen) atoms. The van der Waals surface area contributed by atoms with Crippen LogP contribution in [-0.4, -0.2) is 43.8 Å². The molecule has 0 amide bonds. The summed E-state index contributed by atoms with van der Waals surface area (Å²) in [5.41, 5.74) is 5.71. The van der Waals surface area contributed by atoms with E-state index in [0.717, 1.165) is 18.5 Å². The highest BCUT2D eigenvalue weighted by Gasteiger charge is 2.33. The minimum Gasteiger partial charge on any atom is -0.379 e. The molecule has 2 aliphatic rings. The smallest absolute Gasteiger partial charge is 0.0820 e. The van der Waals surface area contributed by atoms with Crippen molar-refractivity contribution >= 4 is 0 Å². The number of hydrogen-bond donors (Lipinski definition) is 1. The van der Waals surface area contributed by atoms with E-state index in [1.54, 1.807) is 7.11 Å².